The Balaban J connectivity index is 1.61. The monoisotopic (exact) mass is 447 g/mol. The van der Waals surface area contributed by atoms with E-state index in [1.807, 2.05) is 30.3 Å². The number of hydrogen-bond acceptors (Lipinski definition) is 6. The highest BCUT2D eigenvalue weighted by molar-refractivity contribution is 7.17. The van der Waals surface area contributed by atoms with Crippen LogP contribution in [0.1, 0.15) is 25.1 Å². The number of benzene rings is 2. The third-order valence-electron chi connectivity index (χ3n) is 5.77. The van der Waals surface area contributed by atoms with Gasteiger partial charge in [-0.2, -0.15) is 4.98 Å². The lowest BCUT2D eigenvalue weighted by atomic mass is 10.1. The summed E-state index contributed by atoms with van der Waals surface area (Å²) in [6.07, 6.45) is 3.71. The van der Waals surface area contributed by atoms with Crippen LogP contribution >= 0.6 is 11.3 Å². The fourth-order valence-electron chi connectivity index (χ4n) is 4.19. The smallest absolute Gasteiger partial charge is 0.311 e. The Morgan fingerprint density at radius 3 is 2.53 bits per heavy atom. The van der Waals surface area contributed by atoms with Crippen molar-refractivity contribution in [2.45, 2.75) is 25.8 Å². The number of nitro groups is 1. The molecule has 5 rings (SSSR count). The molecular weight excluding hydrogens is 424 g/mol. The standard InChI is InChI=1S/C24H22N4O3S/c29-28(30)19-11-5-6-12-20(19)31-23-22-18(17-9-3-1-4-10-17)16-32-24(22)26-21(25-23)15-27-13-7-2-8-14-27/h1,3-6,9-12,16H,2,7-8,13-15H2/p+1. The van der Waals surface area contributed by atoms with Crippen LogP contribution < -0.4 is 9.64 Å². The molecule has 0 unspecified atom stereocenters. The largest absolute Gasteiger partial charge is 0.431 e. The Bertz CT molecular complexity index is 1250. The molecule has 1 aliphatic rings. The van der Waals surface area contributed by atoms with Gasteiger partial charge in [-0.1, -0.05) is 42.5 Å². The van der Waals surface area contributed by atoms with Crippen molar-refractivity contribution < 1.29 is 14.6 Å². The summed E-state index contributed by atoms with van der Waals surface area (Å²) >= 11 is 1.55. The molecule has 1 fully saturated rings. The minimum Gasteiger partial charge on any atom is -0.431 e. The summed E-state index contributed by atoms with van der Waals surface area (Å²) in [6.45, 7) is 2.95. The predicted molar refractivity (Wildman–Crippen MR) is 124 cm³/mol. The van der Waals surface area contributed by atoms with Gasteiger partial charge in [0.15, 0.2) is 5.82 Å². The lowest BCUT2D eigenvalue weighted by Gasteiger charge is -2.22. The summed E-state index contributed by atoms with van der Waals surface area (Å²) in [5.41, 5.74) is 1.92. The minimum absolute atomic E-state index is 0.0843. The number of thiophene rings is 1. The first kappa shape index (κ1) is 20.5. The van der Waals surface area contributed by atoms with Gasteiger partial charge in [-0.15, -0.1) is 11.3 Å². The molecule has 7 nitrogen and oxygen atoms in total. The van der Waals surface area contributed by atoms with Crippen molar-refractivity contribution in [3.63, 3.8) is 0 Å². The summed E-state index contributed by atoms with van der Waals surface area (Å²) in [7, 11) is 0. The van der Waals surface area contributed by atoms with E-state index in [-0.39, 0.29) is 11.4 Å². The van der Waals surface area contributed by atoms with Gasteiger partial charge in [0, 0.05) is 17.0 Å². The van der Waals surface area contributed by atoms with Gasteiger partial charge in [-0.25, -0.2) is 4.98 Å². The van der Waals surface area contributed by atoms with E-state index in [2.05, 4.69) is 5.38 Å². The molecule has 0 bridgehead atoms. The first-order valence-corrected chi connectivity index (χ1v) is 11.7. The molecule has 2 aromatic heterocycles. The average molecular weight is 448 g/mol. The summed E-state index contributed by atoms with van der Waals surface area (Å²) in [4.78, 5) is 23.0. The van der Waals surface area contributed by atoms with Crippen LogP contribution in [0.5, 0.6) is 11.6 Å². The highest BCUT2D eigenvalue weighted by Crippen LogP contribution is 2.40. The Hall–Kier alpha value is -3.36. The molecule has 0 amide bonds. The lowest BCUT2D eigenvalue weighted by Crippen LogP contribution is -3.11. The van der Waals surface area contributed by atoms with E-state index in [4.69, 9.17) is 14.7 Å². The maximum atomic E-state index is 11.5. The van der Waals surface area contributed by atoms with Crippen LogP contribution in [0.4, 0.5) is 5.69 Å². The number of rotatable bonds is 6. The van der Waals surface area contributed by atoms with Crippen LogP contribution in [0.25, 0.3) is 21.3 Å². The first-order chi connectivity index (χ1) is 15.7. The van der Waals surface area contributed by atoms with E-state index >= 15 is 0 Å². The second-order valence-corrected chi connectivity index (χ2v) is 8.81. The van der Waals surface area contributed by atoms with Crippen molar-refractivity contribution in [3.05, 3.63) is 75.9 Å². The number of ether oxygens (including phenoxy) is 1. The third-order valence-corrected chi connectivity index (χ3v) is 6.64. The second kappa shape index (κ2) is 9.02. The van der Waals surface area contributed by atoms with Crippen molar-refractivity contribution in [2.24, 2.45) is 0 Å². The van der Waals surface area contributed by atoms with Crippen molar-refractivity contribution in [1.29, 1.82) is 0 Å². The number of hydrogen-bond donors (Lipinski definition) is 1. The zero-order valence-corrected chi connectivity index (χ0v) is 18.3. The molecule has 4 aromatic rings. The highest BCUT2D eigenvalue weighted by Gasteiger charge is 2.23. The SMILES string of the molecule is O=[N+]([O-])c1ccccc1Oc1nc(C[NH+]2CCCCC2)nc2scc(-c3ccccc3)c12. The zero-order valence-electron chi connectivity index (χ0n) is 17.5. The second-order valence-electron chi connectivity index (χ2n) is 7.95. The molecule has 0 radical (unpaired) electrons. The zero-order chi connectivity index (χ0) is 21.9. The van der Waals surface area contributed by atoms with Gasteiger partial charge in [-0.3, -0.25) is 10.1 Å². The quantitative estimate of drug-likeness (QED) is 0.344. The van der Waals surface area contributed by atoms with Crippen molar-refractivity contribution >= 4 is 27.2 Å². The van der Waals surface area contributed by atoms with Crippen LogP contribution in [0.2, 0.25) is 0 Å². The number of quaternary nitrogens is 1. The van der Waals surface area contributed by atoms with Crippen LogP contribution in [-0.4, -0.2) is 28.0 Å². The summed E-state index contributed by atoms with van der Waals surface area (Å²) in [6, 6.07) is 16.4. The molecule has 2 aromatic carbocycles. The Kier molecular flexibility index (Phi) is 5.79. The van der Waals surface area contributed by atoms with Crippen LogP contribution in [0.15, 0.2) is 60.0 Å². The molecule has 32 heavy (non-hydrogen) atoms. The van der Waals surface area contributed by atoms with Crippen LogP contribution in [0.3, 0.4) is 0 Å². The van der Waals surface area contributed by atoms with E-state index < -0.39 is 4.92 Å². The fourth-order valence-corrected chi connectivity index (χ4v) is 5.14. The van der Waals surface area contributed by atoms with Gasteiger partial charge in [-0.05, 0) is 30.9 Å². The predicted octanol–water partition coefficient (Wildman–Crippen LogP) is 4.63. The van der Waals surface area contributed by atoms with Gasteiger partial charge in [0.05, 0.1) is 23.4 Å². The topological polar surface area (TPSA) is 82.6 Å². The van der Waals surface area contributed by atoms with E-state index in [1.54, 1.807) is 29.5 Å². The van der Waals surface area contributed by atoms with E-state index in [0.717, 1.165) is 41.0 Å². The van der Waals surface area contributed by atoms with Gasteiger partial charge in [0.25, 0.3) is 0 Å². The normalized spacial score (nSPS) is 14.5. The summed E-state index contributed by atoms with van der Waals surface area (Å²) in [5, 5.41) is 14.4. The van der Waals surface area contributed by atoms with Crippen LogP contribution in [-0.2, 0) is 6.54 Å². The van der Waals surface area contributed by atoms with Crippen molar-refractivity contribution in [3.8, 4) is 22.8 Å². The molecule has 3 heterocycles. The van der Waals surface area contributed by atoms with Crippen LogP contribution in [0, 0.1) is 10.1 Å². The van der Waals surface area contributed by atoms with Gasteiger partial charge < -0.3 is 9.64 Å². The van der Waals surface area contributed by atoms with Crippen molar-refractivity contribution in [2.75, 3.05) is 13.1 Å². The fraction of sp³-hybridized carbons (Fsp3) is 0.250. The Labute approximate surface area is 189 Å². The van der Waals surface area contributed by atoms with Gasteiger partial charge in [0.1, 0.15) is 11.4 Å². The molecule has 0 spiro atoms. The molecule has 0 saturated carbocycles. The Morgan fingerprint density at radius 2 is 1.75 bits per heavy atom. The molecule has 1 saturated heterocycles. The summed E-state index contributed by atoms with van der Waals surface area (Å²) in [5.74, 6) is 1.26. The molecule has 1 N–H and O–H groups in total. The molecular formula is C24H23N4O3S+. The van der Waals surface area contributed by atoms with Gasteiger partial charge in [0.2, 0.25) is 11.6 Å². The number of nitro benzene ring substituents is 1. The molecule has 8 heteroatoms. The number of likely N-dealkylation sites (tertiary alicyclic amines) is 1. The first-order valence-electron chi connectivity index (χ1n) is 10.8. The lowest BCUT2D eigenvalue weighted by molar-refractivity contribution is -0.919. The molecule has 162 valence electrons. The summed E-state index contributed by atoms with van der Waals surface area (Å²) < 4.78 is 6.14. The number of nitrogens with one attached hydrogen (secondary N) is 1. The molecule has 1 aliphatic heterocycles. The Morgan fingerprint density at radius 1 is 1.00 bits per heavy atom. The number of para-hydroxylation sites is 2. The molecule has 0 aliphatic carbocycles. The maximum absolute atomic E-state index is 11.5. The van der Waals surface area contributed by atoms with E-state index in [1.165, 1.54) is 30.2 Å². The number of aromatic nitrogens is 2. The average Bonchev–Trinajstić information content (AvgIpc) is 3.25. The number of fused-ring (bicyclic) bond motifs is 1. The van der Waals surface area contributed by atoms with Gasteiger partial charge >= 0.3 is 5.69 Å². The number of piperidine rings is 1. The minimum atomic E-state index is -0.432. The van der Waals surface area contributed by atoms with Crippen molar-refractivity contribution in [1.82, 2.24) is 9.97 Å². The number of nitrogens with zero attached hydrogens (tertiary/aromatic N) is 3. The van der Waals surface area contributed by atoms with E-state index in [9.17, 15) is 10.1 Å². The third kappa shape index (κ3) is 4.19. The highest BCUT2D eigenvalue weighted by atomic mass is 32.1. The maximum Gasteiger partial charge on any atom is 0.311 e. The molecule has 0 atom stereocenters. The van der Waals surface area contributed by atoms with E-state index in [0.29, 0.717) is 11.7 Å².